The molecule has 0 atom stereocenters. The van der Waals surface area contributed by atoms with Crippen molar-refractivity contribution in [1.82, 2.24) is 14.3 Å². The summed E-state index contributed by atoms with van der Waals surface area (Å²) >= 11 is 0. The summed E-state index contributed by atoms with van der Waals surface area (Å²) in [6.07, 6.45) is 1.74. The van der Waals surface area contributed by atoms with E-state index < -0.39 is 10.0 Å². The molecule has 1 amide bonds. The molecule has 7 nitrogen and oxygen atoms in total. The third-order valence-electron chi connectivity index (χ3n) is 5.12. The summed E-state index contributed by atoms with van der Waals surface area (Å²) in [5.41, 5.74) is 1.96. The molecule has 0 spiro atoms. The van der Waals surface area contributed by atoms with Crippen molar-refractivity contribution >= 4 is 32.9 Å². The lowest BCUT2D eigenvalue weighted by molar-refractivity contribution is 0.102. The topological polar surface area (TPSA) is 95.2 Å². The normalized spacial score (nSPS) is 16.3. The zero-order chi connectivity index (χ0) is 19.7. The lowest BCUT2D eigenvalue weighted by Crippen LogP contribution is -2.37. The van der Waals surface area contributed by atoms with E-state index in [1.807, 2.05) is 24.3 Å². The number of fused-ring (bicyclic) bond motifs is 1. The second-order valence-corrected chi connectivity index (χ2v) is 9.11. The van der Waals surface area contributed by atoms with Crippen LogP contribution in [-0.2, 0) is 10.0 Å². The average molecular weight is 398 g/mol. The number of nitrogens with one attached hydrogen (secondary N) is 2. The molecule has 0 bridgehead atoms. The number of imidazole rings is 1. The highest BCUT2D eigenvalue weighted by molar-refractivity contribution is 7.89. The maximum absolute atomic E-state index is 12.8. The van der Waals surface area contributed by atoms with Crippen LogP contribution in [0.15, 0.2) is 53.4 Å². The van der Waals surface area contributed by atoms with Gasteiger partial charge < -0.3 is 4.98 Å². The van der Waals surface area contributed by atoms with Gasteiger partial charge in [0.2, 0.25) is 16.0 Å². The number of hydrogen-bond donors (Lipinski definition) is 2. The van der Waals surface area contributed by atoms with Gasteiger partial charge in [-0.05, 0) is 55.2 Å². The van der Waals surface area contributed by atoms with Gasteiger partial charge in [0.25, 0.3) is 5.91 Å². The van der Waals surface area contributed by atoms with Gasteiger partial charge in [-0.1, -0.05) is 19.1 Å². The van der Waals surface area contributed by atoms with Crippen molar-refractivity contribution < 1.29 is 13.2 Å². The maximum Gasteiger partial charge on any atom is 0.257 e. The molecule has 146 valence electrons. The first-order chi connectivity index (χ1) is 13.4. The Balaban J connectivity index is 1.48. The highest BCUT2D eigenvalue weighted by Gasteiger charge is 2.28. The van der Waals surface area contributed by atoms with E-state index in [-0.39, 0.29) is 10.8 Å². The SMILES string of the molecule is CC1CCN(S(=O)(=O)c2ccc(C(=O)Nc3nc4ccccc4[nH]3)cc2)CC1. The predicted molar refractivity (Wildman–Crippen MR) is 108 cm³/mol. The van der Waals surface area contributed by atoms with Crippen LogP contribution in [0.3, 0.4) is 0 Å². The summed E-state index contributed by atoms with van der Waals surface area (Å²) < 4.78 is 27.1. The molecular formula is C20H22N4O3S. The Bertz CT molecular complexity index is 1060. The number of sulfonamides is 1. The molecule has 4 rings (SSSR count). The predicted octanol–water partition coefficient (Wildman–Crippen LogP) is 3.24. The van der Waals surface area contributed by atoms with Gasteiger partial charge in [-0.2, -0.15) is 4.31 Å². The first-order valence-electron chi connectivity index (χ1n) is 9.30. The Morgan fingerprint density at radius 1 is 1.11 bits per heavy atom. The fourth-order valence-electron chi connectivity index (χ4n) is 3.34. The van der Waals surface area contributed by atoms with Crippen LogP contribution in [0.2, 0.25) is 0 Å². The van der Waals surface area contributed by atoms with Gasteiger partial charge in [-0.3, -0.25) is 10.1 Å². The molecule has 1 aliphatic rings. The van der Waals surface area contributed by atoms with Crippen molar-refractivity contribution in [3.8, 4) is 0 Å². The molecule has 1 saturated heterocycles. The van der Waals surface area contributed by atoms with E-state index in [1.54, 1.807) is 0 Å². The first kappa shape index (κ1) is 18.6. The second kappa shape index (κ2) is 7.37. The summed E-state index contributed by atoms with van der Waals surface area (Å²) in [5.74, 6) is 0.552. The number of para-hydroxylation sites is 2. The van der Waals surface area contributed by atoms with Crippen molar-refractivity contribution in [3.05, 3.63) is 54.1 Å². The van der Waals surface area contributed by atoms with E-state index in [1.165, 1.54) is 28.6 Å². The van der Waals surface area contributed by atoms with Gasteiger partial charge >= 0.3 is 0 Å². The van der Waals surface area contributed by atoms with Crippen molar-refractivity contribution in [3.63, 3.8) is 0 Å². The van der Waals surface area contributed by atoms with Crippen LogP contribution >= 0.6 is 0 Å². The van der Waals surface area contributed by atoms with E-state index in [0.717, 1.165) is 23.9 Å². The van der Waals surface area contributed by atoms with Crippen molar-refractivity contribution in [2.45, 2.75) is 24.7 Å². The Morgan fingerprint density at radius 2 is 1.79 bits per heavy atom. The number of aromatic nitrogens is 2. The number of rotatable bonds is 4. The van der Waals surface area contributed by atoms with Gasteiger partial charge in [0.15, 0.2) is 0 Å². The molecule has 28 heavy (non-hydrogen) atoms. The number of amides is 1. The number of carbonyl (C=O) groups excluding carboxylic acids is 1. The van der Waals surface area contributed by atoms with Crippen LogP contribution in [0.4, 0.5) is 5.95 Å². The lowest BCUT2D eigenvalue weighted by Gasteiger charge is -2.29. The summed E-state index contributed by atoms with van der Waals surface area (Å²) in [6, 6.07) is 13.5. The first-order valence-corrected chi connectivity index (χ1v) is 10.7. The molecule has 1 aromatic heterocycles. The van der Waals surface area contributed by atoms with Crippen molar-refractivity contribution in [2.24, 2.45) is 5.92 Å². The highest BCUT2D eigenvalue weighted by atomic mass is 32.2. The molecule has 0 aliphatic carbocycles. The fourth-order valence-corrected chi connectivity index (χ4v) is 4.81. The van der Waals surface area contributed by atoms with E-state index >= 15 is 0 Å². The molecular weight excluding hydrogens is 376 g/mol. The van der Waals surface area contributed by atoms with E-state index in [4.69, 9.17) is 0 Å². The minimum atomic E-state index is -3.52. The molecule has 2 N–H and O–H groups in total. The van der Waals surface area contributed by atoms with Gasteiger partial charge in [-0.25, -0.2) is 13.4 Å². The largest absolute Gasteiger partial charge is 0.324 e. The average Bonchev–Trinajstić information content (AvgIpc) is 3.10. The number of carbonyl (C=O) groups is 1. The van der Waals surface area contributed by atoms with Crippen LogP contribution in [-0.4, -0.2) is 41.7 Å². The molecule has 1 fully saturated rings. The van der Waals surface area contributed by atoms with Crippen LogP contribution < -0.4 is 5.32 Å². The number of aromatic amines is 1. The van der Waals surface area contributed by atoms with E-state index in [0.29, 0.717) is 30.5 Å². The van der Waals surface area contributed by atoms with Gasteiger partial charge in [0.1, 0.15) is 0 Å². The van der Waals surface area contributed by atoms with Gasteiger partial charge in [0.05, 0.1) is 15.9 Å². The van der Waals surface area contributed by atoms with Crippen LogP contribution in [0, 0.1) is 5.92 Å². The molecule has 0 radical (unpaired) electrons. The van der Waals surface area contributed by atoms with E-state index in [2.05, 4.69) is 22.2 Å². The maximum atomic E-state index is 12.8. The zero-order valence-electron chi connectivity index (χ0n) is 15.6. The Morgan fingerprint density at radius 3 is 2.46 bits per heavy atom. The number of benzene rings is 2. The van der Waals surface area contributed by atoms with Crippen LogP contribution in [0.5, 0.6) is 0 Å². The Hall–Kier alpha value is -2.71. The smallest absolute Gasteiger partial charge is 0.257 e. The molecule has 1 aliphatic heterocycles. The Labute approximate surface area is 163 Å². The third kappa shape index (κ3) is 3.65. The standard InChI is InChI=1S/C20H22N4O3S/c1-14-10-12-24(13-11-14)28(26,27)16-8-6-15(7-9-16)19(25)23-20-21-17-4-2-3-5-18(17)22-20/h2-9,14H,10-13H2,1H3,(H2,21,22,23,25). The van der Waals surface area contributed by atoms with Crippen molar-refractivity contribution in [1.29, 1.82) is 0 Å². The van der Waals surface area contributed by atoms with Crippen LogP contribution in [0.1, 0.15) is 30.1 Å². The molecule has 2 heterocycles. The monoisotopic (exact) mass is 398 g/mol. The van der Waals surface area contributed by atoms with E-state index in [9.17, 15) is 13.2 Å². The van der Waals surface area contributed by atoms with Gasteiger partial charge in [0, 0.05) is 18.7 Å². The minimum Gasteiger partial charge on any atom is -0.324 e. The Kier molecular flexibility index (Phi) is 4.91. The number of H-pyrrole nitrogens is 1. The molecule has 3 aromatic rings. The summed E-state index contributed by atoms with van der Waals surface area (Å²) in [4.78, 5) is 20.0. The fraction of sp³-hybridized carbons (Fsp3) is 0.300. The molecule has 0 saturated carbocycles. The quantitative estimate of drug-likeness (QED) is 0.705. The number of piperidine rings is 1. The molecule has 2 aromatic carbocycles. The number of hydrogen-bond acceptors (Lipinski definition) is 4. The third-order valence-corrected chi connectivity index (χ3v) is 7.03. The molecule has 0 unspecified atom stereocenters. The van der Waals surface area contributed by atoms with Crippen molar-refractivity contribution in [2.75, 3.05) is 18.4 Å². The lowest BCUT2D eigenvalue weighted by atomic mass is 10.0. The molecule has 8 heteroatoms. The number of nitrogens with zero attached hydrogens (tertiary/aromatic N) is 2. The highest BCUT2D eigenvalue weighted by Crippen LogP contribution is 2.24. The minimum absolute atomic E-state index is 0.211. The number of anilines is 1. The summed E-state index contributed by atoms with van der Waals surface area (Å²) in [7, 11) is -3.52. The van der Waals surface area contributed by atoms with Gasteiger partial charge in [-0.15, -0.1) is 0 Å². The summed E-state index contributed by atoms with van der Waals surface area (Å²) in [6.45, 7) is 3.22. The second-order valence-electron chi connectivity index (χ2n) is 7.17. The zero-order valence-corrected chi connectivity index (χ0v) is 16.4. The summed E-state index contributed by atoms with van der Waals surface area (Å²) in [5, 5.41) is 2.71. The van der Waals surface area contributed by atoms with Crippen LogP contribution in [0.25, 0.3) is 11.0 Å².